The Morgan fingerprint density at radius 3 is 2.14 bits per heavy atom. The van der Waals surface area contributed by atoms with Gasteiger partial charge in [0, 0.05) is 24.0 Å². The van der Waals surface area contributed by atoms with Gasteiger partial charge in [0.25, 0.3) is 0 Å². The average Bonchev–Trinajstić information content (AvgIpc) is 2.91. The standard InChI is InChI=1S/C17H20N2O3/c1-10-8-14(11(2)18(10)3)15(20)9-19-16(21)12-6-4-5-7-13(12)17(19)22/h4-5,8,12-13H,6-7,9H2,1-3H3/t12-,13+. The van der Waals surface area contributed by atoms with Gasteiger partial charge in [-0.25, -0.2) is 0 Å². The van der Waals surface area contributed by atoms with Crippen LogP contribution in [-0.2, 0) is 16.6 Å². The number of imide groups is 1. The fraction of sp³-hybridized carbons (Fsp3) is 0.471. The van der Waals surface area contributed by atoms with Crippen molar-refractivity contribution in [2.75, 3.05) is 6.54 Å². The summed E-state index contributed by atoms with van der Waals surface area (Å²) in [5.41, 5.74) is 2.44. The molecule has 22 heavy (non-hydrogen) atoms. The van der Waals surface area contributed by atoms with E-state index >= 15 is 0 Å². The van der Waals surface area contributed by atoms with Crippen molar-refractivity contribution in [1.29, 1.82) is 0 Å². The fourth-order valence-corrected chi connectivity index (χ4v) is 3.39. The number of hydrogen-bond donors (Lipinski definition) is 0. The Bertz CT molecular complexity index is 673. The molecule has 1 saturated heterocycles. The van der Waals surface area contributed by atoms with Gasteiger partial charge in [-0.2, -0.15) is 0 Å². The monoisotopic (exact) mass is 300 g/mol. The van der Waals surface area contributed by atoms with E-state index in [1.165, 1.54) is 0 Å². The number of aromatic nitrogens is 1. The summed E-state index contributed by atoms with van der Waals surface area (Å²) >= 11 is 0. The number of nitrogens with zero attached hydrogens (tertiary/aromatic N) is 2. The molecular weight excluding hydrogens is 280 g/mol. The zero-order chi connectivity index (χ0) is 16.0. The van der Waals surface area contributed by atoms with Gasteiger partial charge in [-0.3, -0.25) is 19.3 Å². The van der Waals surface area contributed by atoms with Gasteiger partial charge in [-0.15, -0.1) is 0 Å². The molecule has 0 unspecified atom stereocenters. The Morgan fingerprint density at radius 1 is 1.14 bits per heavy atom. The predicted molar refractivity (Wildman–Crippen MR) is 81.3 cm³/mol. The van der Waals surface area contributed by atoms with E-state index in [1.54, 1.807) is 0 Å². The third-order valence-corrected chi connectivity index (χ3v) is 4.98. The molecule has 2 aliphatic rings. The summed E-state index contributed by atoms with van der Waals surface area (Å²) in [5, 5.41) is 0. The van der Waals surface area contributed by atoms with E-state index in [9.17, 15) is 14.4 Å². The lowest BCUT2D eigenvalue weighted by molar-refractivity contribution is -0.139. The second kappa shape index (κ2) is 5.23. The molecule has 5 nitrogen and oxygen atoms in total. The molecule has 1 aliphatic carbocycles. The zero-order valence-electron chi connectivity index (χ0n) is 13.1. The molecular formula is C17H20N2O3. The van der Waals surface area contributed by atoms with Gasteiger partial charge in [-0.05, 0) is 32.8 Å². The minimum Gasteiger partial charge on any atom is -0.351 e. The maximum atomic E-state index is 12.5. The maximum Gasteiger partial charge on any atom is 0.233 e. The van der Waals surface area contributed by atoms with E-state index in [0.717, 1.165) is 16.3 Å². The van der Waals surface area contributed by atoms with Gasteiger partial charge < -0.3 is 4.57 Å². The van der Waals surface area contributed by atoms with Crippen LogP contribution in [0.15, 0.2) is 18.2 Å². The minimum absolute atomic E-state index is 0.144. The van der Waals surface area contributed by atoms with Crippen molar-refractivity contribution >= 4 is 17.6 Å². The third-order valence-electron chi connectivity index (χ3n) is 4.98. The smallest absolute Gasteiger partial charge is 0.233 e. The second-order valence-corrected chi connectivity index (χ2v) is 6.19. The van der Waals surface area contributed by atoms with Crippen LogP contribution < -0.4 is 0 Å². The van der Waals surface area contributed by atoms with Gasteiger partial charge in [0.05, 0.1) is 18.4 Å². The molecule has 1 aliphatic heterocycles. The molecule has 2 atom stereocenters. The molecule has 0 aromatic carbocycles. The highest BCUT2D eigenvalue weighted by atomic mass is 16.2. The predicted octanol–water partition coefficient (Wildman–Crippen LogP) is 1.78. The third kappa shape index (κ3) is 2.12. The molecule has 0 saturated carbocycles. The molecule has 116 valence electrons. The van der Waals surface area contributed by atoms with Crippen LogP contribution in [0.4, 0.5) is 0 Å². The van der Waals surface area contributed by atoms with Crippen LogP contribution in [0.1, 0.15) is 34.6 Å². The summed E-state index contributed by atoms with van der Waals surface area (Å²) in [6, 6.07) is 1.82. The number of carbonyl (C=O) groups is 3. The molecule has 0 radical (unpaired) electrons. The van der Waals surface area contributed by atoms with Crippen LogP contribution >= 0.6 is 0 Å². The van der Waals surface area contributed by atoms with Crippen LogP contribution in [0.2, 0.25) is 0 Å². The Balaban J connectivity index is 1.81. The summed E-state index contributed by atoms with van der Waals surface area (Å²) in [7, 11) is 1.90. The fourth-order valence-electron chi connectivity index (χ4n) is 3.39. The zero-order valence-corrected chi connectivity index (χ0v) is 13.1. The van der Waals surface area contributed by atoms with E-state index in [0.29, 0.717) is 18.4 Å². The number of fused-ring (bicyclic) bond motifs is 1. The summed E-state index contributed by atoms with van der Waals surface area (Å²) in [6.07, 6.45) is 5.09. The second-order valence-electron chi connectivity index (χ2n) is 6.19. The molecule has 5 heteroatoms. The number of likely N-dealkylation sites (tertiary alicyclic amines) is 1. The molecule has 1 aromatic rings. The van der Waals surface area contributed by atoms with Gasteiger partial charge in [0.15, 0.2) is 5.78 Å². The van der Waals surface area contributed by atoms with E-state index in [1.807, 2.05) is 43.7 Å². The number of Topliss-reactive ketones (excluding diaryl/α,β-unsaturated/α-hetero) is 1. The maximum absolute atomic E-state index is 12.5. The van der Waals surface area contributed by atoms with Crippen molar-refractivity contribution in [2.45, 2.75) is 26.7 Å². The van der Waals surface area contributed by atoms with E-state index in [4.69, 9.17) is 0 Å². The minimum atomic E-state index is -0.274. The Kier molecular flexibility index (Phi) is 3.51. The summed E-state index contributed by atoms with van der Waals surface area (Å²) in [5.74, 6) is -1.11. The first-order valence-electron chi connectivity index (χ1n) is 7.58. The van der Waals surface area contributed by atoms with Crippen LogP contribution in [0, 0.1) is 25.7 Å². The quantitative estimate of drug-likeness (QED) is 0.486. The highest BCUT2D eigenvalue weighted by Crippen LogP contribution is 2.35. The molecule has 2 heterocycles. The number of ketones is 1. The van der Waals surface area contributed by atoms with Gasteiger partial charge in [-0.1, -0.05) is 12.2 Å². The lowest BCUT2D eigenvalue weighted by atomic mass is 9.85. The number of hydrogen-bond acceptors (Lipinski definition) is 3. The number of rotatable bonds is 3. The first kappa shape index (κ1) is 14.8. The molecule has 1 fully saturated rings. The number of allylic oxidation sites excluding steroid dienone is 2. The summed E-state index contributed by atoms with van der Waals surface area (Å²) in [6.45, 7) is 3.66. The first-order chi connectivity index (χ1) is 10.4. The van der Waals surface area contributed by atoms with Crippen LogP contribution in [0.5, 0.6) is 0 Å². The van der Waals surface area contributed by atoms with Gasteiger partial charge >= 0.3 is 0 Å². The molecule has 3 rings (SSSR count). The van der Waals surface area contributed by atoms with Crippen molar-refractivity contribution in [1.82, 2.24) is 9.47 Å². The summed E-state index contributed by atoms with van der Waals surface area (Å²) in [4.78, 5) is 38.4. The van der Waals surface area contributed by atoms with Gasteiger partial charge in [0.1, 0.15) is 0 Å². The lowest BCUT2D eigenvalue weighted by Crippen LogP contribution is -2.36. The number of amides is 2. The van der Waals surface area contributed by atoms with Crippen LogP contribution in [0.3, 0.4) is 0 Å². The number of carbonyl (C=O) groups excluding carboxylic acids is 3. The van der Waals surface area contributed by atoms with Crippen LogP contribution in [0.25, 0.3) is 0 Å². The van der Waals surface area contributed by atoms with Crippen LogP contribution in [-0.4, -0.2) is 33.6 Å². The molecule has 0 bridgehead atoms. The molecule has 0 N–H and O–H groups in total. The Labute approximate surface area is 129 Å². The molecule has 1 aromatic heterocycles. The molecule has 0 spiro atoms. The van der Waals surface area contributed by atoms with Crippen molar-refractivity contribution in [3.05, 3.63) is 35.2 Å². The summed E-state index contributed by atoms with van der Waals surface area (Å²) < 4.78 is 1.94. The SMILES string of the molecule is Cc1cc(C(=O)CN2C(=O)[C@H]3CC=CC[C@H]3C2=O)c(C)n1C. The highest BCUT2D eigenvalue weighted by Gasteiger charge is 2.47. The Hall–Kier alpha value is -2.17. The first-order valence-corrected chi connectivity index (χ1v) is 7.58. The normalized spacial score (nSPS) is 24.0. The average molecular weight is 300 g/mol. The van der Waals surface area contributed by atoms with Gasteiger partial charge in [0.2, 0.25) is 11.8 Å². The molecule has 2 amide bonds. The highest BCUT2D eigenvalue weighted by molar-refractivity contribution is 6.10. The van der Waals surface area contributed by atoms with Crippen molar-refractivity contribution in [3.8, 4) is 0 Å². The van der Waals surface area contributed by atoms with Crippen molar-refractivity contribution < 1.29 is 14.4 Å². The largest absolute Gasteiger partial charge is 0.351 e. The lowest BCUT2D eigenvalue weighted by Gasteiger charge is -2.14. The van der Waals surface area contributed by atoms with Crippen molar-refractivity contribution in [2.24, 2.45) is 18.9 Å². The topological polar surface area (TPSA) is 59.4 Å². The van der Waals surface area contributed by atoms with E-state index in [2.05, 4.69) is 0 Å². The van der Waals surface area contributed by atoms with E-state index in [-0.39, 0.29) is 36.0 Å². The van der Waals surface area contributed by atoms with E-state index < -0.39 is 0 Å². The van der Waals surface area contributed by atoms with Crippen molar-refractivity contribution in [3.63, 3.8) is 0 Å². The Morgan fingerprint density at radius 2 is 1.68 bits per heavy atom. The number of aryl methyl sites for hydroxylation is 1.